The molecule has 5 heteroatoms. The molecule has 1 aromatic carbocycles. The summed E-state index contributed by atoms with van der Waals surface area (Å²) >= 11 is 0. The van der Waals surface area contributed by atoms with Crippen molar-refractivity contribution < 1.29 is 0 Å². The van der Waals surface area contributed by atoms with E-state index in [4.69, 9.17) is 0 Å². The lowest BCUT2D eigenvalue weighted by Crippen LogP contribution is -1.98. The average Bonchev–Trinajstić information content (AvgIpc) is 2.56. The Balaban J connectivity index is 1.87. The van der Waals surface area contributed by atoms with Crippen molar-refractivity contribution in [3.05, 3.63) is 61.2 Å². The van der Waals surface area contributed by atoms with Gasteiger partial charge in [-0.3, -0.25) is 4.98 Å². The number of hydrogen-bond donors (Lipinski definition) is 1. The van der Waals surface area contributed by atoms with Crippen LogP contribution in [0.4, 0.5) is 11.5 Å². The molecule has 0 saturated carbocycles. The van der Waals surface area contributed by atoms with E-state index >= 15 is 0 Å². The van der Waals surface area contributed by atoms with Crippen molar-refractivity contribution >= 4 is 33.4 Å². The smallest absolute Gasteiger partial charge is 0.164 e. The molecule has 0 fully saturated rings. The molecule has 3 heterocycles. The molecule has 0 unspecified atom stereocenters. The summed E-state index contributed by atoms with van der Waals surface area (Å²) < 4.78 is 0. The Bertz CT molecular complexity index is 848. The van der Waals surface area contributed by atoms with E-state index < -0.39 is 0 Å². The summed E-state index contributed by atoms with van der Waals surface area (Å²) in [6.45, 7) is 0. The van der Waals surface area contributed by atoms with Gasteiger partial charge in [-0.1, -0.05) is 18.2 Å². The molecule has 3 aromatic heterocycles. The molecule has 0 radical (unpaired) electrons. The van der Waals surface area contributed by atoms with E-state index in [9.17, 15) is 0 Å². The normalized spacial score (nSPS) is 10.9. The van der Waals surface area contributed by atoms with E-state index in [0.29, 0.717) is 5.65 Å². The Morgan fingerprint density at radius 3 is 2.62 bits per heavy atom. The second-order valence-corrected chi connectivity index (χ2v) is 4.60. The summed E-state index contributed by atoms with van der Waals surface area (Å²) in [5.74, 6) is 0.728. The topological polar surface area (TPSA) is 63.6 Å². The van der Waals surface area contributed by atoms with Crippen LogP contribution in [-0.4, -0.2) is 19.9 Å². The molecule has 0 spiro atoms. The van der Waals surface area contributed by atoms with Crippen LogP contribution >= 0.6 is 0 Å². The van der Waals surface area contributed by atoms with Gasteiger partial charge in [0.05, 0.1) is 16.6 Å². The first-order chi connectivity index (χ1) is 10.4. The van der Waals surface area contributed by atoms with Crippen molar-refractivity contribution in [1.29, 1.82) is 0 Å². The monoisotopic (exact) mass is 273 g/mol. The highest BCUT2D eigenvalue weighted by molar-refractivity contribution is 5.95. The van der Waals surface area contributed by atoms with Crippen LogP contribution in [0.15, 0.2) is 61.2 Å². The lowest BCUT2D eigenvalue weighted by Gasteiger charge is -2.09. The van der Waals surface area contributed by atoms with Crippen LogP contribution in [0.25, 0.3) is 21.9 Å². The fraction of sp³-hybridized carbons (Fsp3) is 0. The second-order valence-electron chi connectivity index (χ2n) is 4.60. The van der Waals surface area contributed by atoms with Crippen molar-refractivity contribution in [2.45, 2.75) is 0 Å². The second kappa shape index (κ2) is 4.79. The highest BCUT2D eigenvalue weighted by atomic mass is 15.0. The summed E-state index contributed by atoms with van der Waals surface area (Å²) in [4.78, 5) is 17.2. The van der Waals surface area contributed by atoms with Crippen LogP contribution in [0.2, 0.25) is 0 Å². The molecule has 4 rings (SSSR count). The van der Waals surface area contributed by atoms with Gasteiger partial charge in [0, 0.05) is 17.8 Å². The summed E-state index contributed by atoms with van der Waals surface area (Å²) in [6.07, 6.45) is 5.02. The lowest BCUT2D eigenvalue weighted by atomic mass is 10.2. The van der Waals surface area contributed by atoms with Gasteiger partial charge in [0.2, 0.25) is 0 Å². The summed E-state index contributed by atoms with van der Waals surface area (Å²) in [7, 11) is 0. The highest BCUT2D eigenvalue weighted by Gasteiger charge is 2.07. The van der Waals surface area contributed by atoms with Crippen LogP contribution in [0.1, 0.15) is 0 Å². The van der Waals surface area contributed by atoms with E-state index in [1.54, 1.807) is 12.4 Å². The highest BCUT2D eigenvalue weighted by Crippen LogP contribution is 2.26. The molecule has 0 saturated heterocycles. The van der Waals surface area contributed by atoms with Gasteiger partial charge in [-0.05, 0) is 24.3 Å². The quantitative estimate of drug-likeness (QED) is 0.607. The van der Waals surface area contributed by atoms with Crippen LogP contribution in [0.3, 0.4) is 0 Å². The molecule has 0 bridgehead atoms. The average molecular weight is 273 g/mol. The molecule has 0 atom stereocenters. The SMILES string of the molecule is c1cnc2c(Nc3ncnc4ncccc34)cccc2c1. The van der Waals surface area contributed by atoms with E-state index in [1.807, 2.05) is 42.5 Å². The van der Waals surface area contributed by atoms with Crippen molar-refractivity contribution in [3.63, 3.8) is 0 Å². The van der Waals surface area contributed by atoms with Gasteiger partial charge in [-0.15, -0.1) is 0 Å². The number of pyridine rings is 2. The maximum absolute atomic E-state index is 4.44. The molecule has 21 heavy (non-hydrogen) atoms. The first-order valence-corrected chi connectivity index (χ1v) is 6.58. The molecule has 0 aliphatic rings. The predicted molar refractivity (Wildman–Crippen MR) is 82.4 cm³/mol. The van der Waals surface area contributed by atoms with Crippen molar-refractivity contribution in [2.75, 3.05) is 5.32 Å². The first-order valence-electron chi connectivity index (χ1n) is 6.58. The minimum absolute atomic E-state index is 0.670. The van der Waals surface area contributed by atoms with Gasteiger partial charge in [-0.2, -0.15) is 0 Å². The number of para-hydroxylation sites is 1. The fourth-order valence-corrected chi connectivity index (χ4v) is 2.33. The molecule has 0 amide bonds. The largest absolute Gasteiger partial charge is 0.338 e. The number of aromatic nitrogens is 4. The Morgan fingerprint density at radius 2 is 1.62 bits per heavy atom. The summed E-state index contributed by atoms with van der Waals surface area (Å²) in [5.41, 5.74) is 2.50. The van der Waals surface area contributed by atoms with Gasteiger partial charge >= 0.3 is 0 Å². The number of hydrogen-bond acceptors (Lipinski definition) is 5. The van der Waals surface area contributed by atoms with Crippen molar-refractivity contribution in [1.82, 2.24) is 19.9 Å². The number of nitrogens with one attached hydrogen (secondary N) is 1. The van der Waals surface area contributed by atoms with Gasteiger partial charge in [0.15, 0.2) is 5.65 Å². The zero-order chi connectivity index (χ0) is 14.1. The van der Waals surface area contributed by atoms with Crippen LogP contribution < -0.4 is 5.32 Å². The van der Waals surface area contributed by atoms with Gasteiger partial charge in [0.25, 0.3) is 0 Å². The predicted octanol–water partition coefficient (Wildman–Crippen LogP) is 3.32. The van der Waals surface area contributed by atoms with Crippen LogP contribution in [0.5, 0.6) is 0 Å². The van der Waals surface area contributed by atoms with E-state index in [-0.39, 0.29) is 0 Å². The first kappa shape index (κ1) is 11.7. The molecule has 5 nitrogen and oxygen atoms in total. The third kappa shape index (κ3) is 2.04. The molecule has 4 aromatic rings. The minimum atomic E-state index is 0.670. The number of benzene rings is 1. The molecule has 0 aliphatic heterocycles. The maximum atomic E-state index is 4.44. The summed E-state index contributed by atoms with van der Waals surface area (Å²) in [5, 5.41) is 5.30. The maximum Gasteiger partial charge on any atom is 0.164 e. The molecule has 1 N–H and O–H groups in total. The summed E-state index contributed by atoms with van der Waals surface area (Å²) in [6, 6.07) is 13.8. The van der Waals surface area contributed by atoms with Crippen molar-refractivity contribution in [3.8, 4) is 0 Å². The number of anilines is 2. The lowest BCUT2D eigenvalue weighted by molar-refractivity contribution is 1.18. The van der Waals surface area contributed by atoms with Gasteiger partial charge in [0.1, 0.15) is 12.1 Å². The van der Waals surface area contributed by atoms with E-state index in [2.05, 4.69) is 25.3 Å². The zero-order valence-electron chi connectivity index (χ0n) is 11.1. The Hall–Kier alpha value is -3.08. The van der Waals surface area contributed by atoms with Gasteiger partial charge < -0.3 is 5.32 Å². The number of rotatable bonds is 2. The molecule has 0 aliphatic carbocycles. The third-order valence-corrected chi connectivity index (χ3v) is 3.29. The van der Waals surface area contributed by atoms with E-state index in [0.717, 1.165) is 27.8 Å². The molecular weight excluding hydrogens is 262 g/mol. The van der Waals surface area contributed by atoms with Gasteiger partial charge in [-0.25, -0.2) is 15.0 Å². The third-order valence-electron chi connectivity index (χ3n) is 3.29. The Kier molecular flexibility index (Phi) is 2.67. The Labute approximate surface area is 120 Å². The van der Waals surface area contributed by atoms with Crippen LogP contribution in [-0.2, 0) is 0 Å². The zero-order valence-corrected chi connectivity index (χ0v) is 11.1. The van der Waals surface area contributed by atoms with Crippen molar-refractivity contribution in [2.24, 2.45) is 0 Å². The molecule has 100 valence electrons. The standard InChI is InChI=1S/C16H11N5/c1-4-11-5-2-8-17-14(11)13(7-1)21-16-12-6-3-9-18-15(12)19-10-20-16/h1-10H,(H,18,19,20,21). The van der Waals surface area contributed by atoms with E-state index in [1.165, 1.54) is 6.33 Å². The minimum Gasteiger partial charge on any atom is -0.338 e. The number of nitrogens with zero attached hydrogens (tertiary/aromatic N) is 4. The fourth-order valence-electron chi connectivity index (χ4n) is 2.33. The molecular formula is C16H11N5. The Morgan fingerprint density at radius 1 is 0.762 bits per heavy atom. The number of fused-ring (bicyclic) bond motifs is 2. The van der Waals surface area contributed by atoms with Crippen LogP contribution in [0, 0.1) is 0 Å².